The third kappa shape index (κ3) is 3.23. The van der Waals surface area contributed by atoms with Crippen LogP contribution in [-0.4, -0.2) is 31.4 Å². The highest BCUT2D eigenvalue weighted by Gasteiger charge is 2.53. The summed E-state index contributed by atoms with van der Waals surface area (Å²) in [5.74, 6) is -0.747. The fourth-order valence-electron chi connectivity index (χ4n) is 2.20. The van der Waals surface area contributed by atoms with E-state index in [4.69, 9.17) is 9.31 Å². The molecule has 1 aliphatic rings. The van der Waals surface area contributed by atoms with Gasteiger partial charge in [-0.2, -0.15) is 13.2 Å². The molecule has 0 aliphatic carbocycles. The zero-order valence-electron chi connectivity index (χ0n) is 13.6. The molecule has 0 bridgehead atoms. The lowest BCUT2D eigenvalue weighted by atomic mass is 9.75. The molecule has 1 saturated heterocycles. The minimum absolute atomic E-state index is 0.00493. The van der Waals surface area contributed by atoms with Crippen molar-refractivity contribution in [2.24, 2.45) is 0 Å². The highest BCUT2D eigenvalue weighted by atomic mass is 19.4. The van der Waals surface area contributed by atoms with Crippen LogP contribution >= 0.6 is 0 Å². The first-order valence-corrected chi connectivity index (χ1v) is 7.04. The van der Waals surface area contributed by atoms with E-state index in [-0.39, 0.29) is 11.0 Å². The lowest BCUT2D eigenvalue weighted by Crippen LogP contribution is -2.41. The monoisotopic (exact) mass is 330 g/mol. The van der Waals surface area contributed by atoms with Gasteiger partial charge in [-0.15, -0.1) is 0 Å². The lowest BCUT2D eigenvalue weighted by Gasteiger charge is -2.32. The molecule has 1 fully saturated rings. The maximum absolute atomic E-state index is 13.0. The summed E-state index contributed by atoms with van der Waals surface area (Å²) in [6.07, 6.45) is -4.53. The van der Waals surface area contributed by atoms with E-state index in [9.17, 15) is 18.0 Å². The number of hydrogen-bond donors (Lipinski definition) is 0. The van der Waals surface area contributed by atoms with Gasteiger partial charge in [0.25, 0.3) is 0 Å². The van der Waals surface area contributed by atoms with E-state index < -0.39 is 36.0 Å². The smallest absolute Gasteiger partial charge is 0.465 e. The number of halogens is 3. The first-order chi connectivity index (χ1) is 10.4. The molecule has 0 saturated carbocycles. The van der Waals surface area contributed by atoms with Gasteiger partial charge in [-0.3, -0.25) is 0 Å². The van der Waals surface area contributed by atoms with Crippen molar-refractivity contribution < 1.29 is 32.0 Å². The van der Waals surface area contributed by atoms with Crippen molar-refractivity contribution in [3.8, 4) is 0 Å². The number of benzene rings is 1. The van der Waals surface area contributed by atoms with Gasteiger partial charge in [0.2, 0.25) is 0 Å². The van der Waals surface area contributed by atoms with Crippen LogP contribution in [0, 0.1) is 0 Å². The van der Waals surface area contributed by atoms with Crippen LogP contribution in [0.15, 0.2) is 18.2 Å². The first kappa shape index (κ1) is 17.8. The molecule has 1 aliphatic heterocycles. The summed E-state index contributed by atoms with van der Waals surface area (Å²) in [7, 11) is 0.0741. The van der Waals surface area contributed by atoms with Gasteiger partial charge in [-0.25, -0.2) is 4.79 Å². The molecule has 0 aromatic heterocycles. The van der Waals surface area contributed by atoms with Crippen molar-refractivity contribution in [1.82, 2.24) is 0 Å². The number of ether oxygens (including phenoxy) is 1. The van der Waals surface area contributed by atoms with Crippen molar-refractivity contribution in [3.05, 3.63) is 29.3 Å². The Hall–Kier alpha value is -1.54. The minimum Gasteiger partial charge on any atom is -0.465 e. The topological polar surface area (TPSA) is 44.8 Å². The summed E-state index contributed by atoms with van der Waals surface area (Å²) in [6, 6.07) is 2.78. The molecule has 23 heavy (non-hydrogen) atoms. The molecule has 0 atom stereocenters. The quantitative estimate of drug-likeness (QED) is 0.618. The number of hydrogen-bond acceptors (Lipinski definition) is 4. The second-order valence-corrected chi connectivity index (χ2v) is 6.38. The third-order valence-electron chi connectivity index (χ3n) is 4.29. The number of alkyl halides is 3. The Balaban J connectivity index is 2.53. The number of rotatable bonds is 2. The van der Waals surface area contributed by atoms with Crippen LogP contribution in [0.2, 0.25) is 0 Å². The standard InChI is InChI=1S/C15H18BF3O4/c1-13(2)14(3,4)23-16(22-13)11-8-9(15(17,18)19)6-7-10(11)12(20)21-5/h6-8H,1-5H3. The Bertz CT molecular complexity index is 610. The summed E-state index contributed by atoms with van der Waals surface area (Å²) in [5.41, 5.74) is -2.36. The van der Waals surface area contributed by atoms with Gasteiger partial charge in [0, 0.05) is 0 Å². The fraction of sp³-hybridized carbons (Fsp3) is 0.533. The Morgan fingerprint density at radius 3 is 2.09 bits per heavy atom. The molecule has 126 valence electrons. The Kier molecular flexibility index (Phi) is 4.28. The summed E-state index contributed by atoms with van der Waals surface area (Å²) >= 11 is 0. The largest absolute Gasteiger partial charge is 0.495 e. The van der Waals surface area contributed by atoms with E-state index in [2.05, 4.69) is 4.74 Å². The summed E-state index contributed by atoms with van der Waals surface area (Å²) in [6.45, 7) is 7.10. The average molecular weight is 330 g/mol. The molecule has 8 heteroatoms. The minimum atomic E-state index is -4.53. The summed E-state index contributed by atoms with van der Waals surface area (Å²) < 4.78 is 55.1. The molecule has 0 spiro atoms. The van der Waals surface area contributed by atoms with Gasteiger partial charge >= 0.3 is 19.3 Å². The Labute approximate surface area is 133 Å². The van der Waals surface area contributed by atoms with Crippen LogP contribution in [-0.2, 0) is 20.2 Å². The predicted octanol–water partition coefficient (Wildman–Crippen LogP) is 2.79. The molecule has 0 N–H and O–H groups in total. The van der Waals surface area contributed by atoms with Crippen molar-refractivity contribution in [2.75, 3.05) is 7.11 Å². The fourth-order valence-corrected chi connectivity index (χ4v) is 2.20. The summed E-state index contributed by atoms with van der Waals surface area (Å²) in [4.78, 5) is 11.9. The molecule has 1 heterocycles. The van der Waals surface area contributed by atoms with Crippen molar-refractivity contribution in [2.45, 2.75) is 45.1 Å². The highest BCUT2D eigenvalue weighted by molar-refractivity contribution is 6.63. The molecule has 0 radical (unpaired) electrons. The molecule has 1 aromatic rings. The van der Waals surface area contributed by atoms with E-state index in [0.717, 1.165) is 25.3 Å². The van der Waals surface area contributed by atoms with Gasteiger partial charge in [0.15, 0.2) is 0 Å². The van der Waals surface area contributed by atoms with Crippen LogP contribution in [0.5, 0.6) is 0 Å². The van der Waals surface area contributed by atoms with E-state index in [1.807, 2.05) is 0 Å². The van der Waals surface area contributed by atoms with E-state index in [1.54, 1.807) is 27.7 Å². The second kappa shape index (κ2) is 5.52. The van der Waals surface area contributed by atoms with Crippen LogP contribution in [0.4, 0.5) is 13.2 Å². The number of esters is 1. The second-order valence-electron chi connectivity index (χ2n) is 6.38. The SMILES string of the molecule is COC(=O)c1ccc(C(F)(F)F)cc1B1OC(C)(C)C(C)(C)O1. The average Bonchev–Trinajstić information content (AvgIpc) is 2.65. The van der Waals surface area contributed by atoms with Gasteiger partial charge in [0.1, 0.15) is 0 Å². The van der Waals surface area contributed by atoms with Gasteiger partial charge in [0.05, 0.1) is 29.4 Å². The predicted molar refractivity (Wildman–Crippen MR) is 78.5 cm³/mol. The van der Waals surface area contributed by atoms with E-state index >= 15 is 0 Å². The molecule has 4 nitrogen and oxygen atoms in total. The van der Waals surface area contributed by atoms with Gasteiger partial charge < -0.3 is 14.0 Å². The van der Waals surface area contributed by atoms with Crippen LogP contribution in [0.1, 0.15) is 43.6 Å². The van der Waals surface area contributed by atoms with Crippen LogP contribution < -0.4 is 5.46 Å². The third-order valence-corrected chi connectivity index (χ3v) is 4.29. The van der Waals surface area contributed by atoms with Crippen molar-refractivity contribution in [1.29, 1.82) is 0 Å². The van der Waals surface area contributed by atoms with Crippen LogP contribution in [0.3, 0.4) is 0 Å². The zero-order valence-corrected chi connectivity index (χ0v) is 13.6. The summed E-state index contributed by atoms with van der Waals surface area (Å²) in [5, 5.41) is 0. The highest BCUT2D eigenvalue weighted by Crippen LogP contribution is 2.37. The van der Waals surface area contributed by atoms with E-state index in [1.165, 1.54) is 0 Å². The maximum Gasteiger partial charge on any atom is 0.495 e. The zero-order chi connectivity index (χ0) is 17.6. The van der Waals surface area contributed by atoms with Crippen LogP contribution in [0.25, 0.3) is 0 Å². The van der Waals surface area contributed by atoms with Crippen molar-refractivity contribution >= 4 is 18.6 Å². The number of methoxy groups -OCH3 is 1. The van der Waals surface area contributed by atoms with Gasteiger partial charge in [-0.1, -0.05) is 0 Å². The molecular weight excluding hydrogens is 312 g/mol. The maximum atomic E-state index is 13.0. The molecule has 1 aromatic carbocycles. The van der Waals surface area contributed by atoms with E-state index in [0.29, 0.717) is 0 Å². The molecule has 2 rings (SSSR count). The van der Waals surface area contributed by atoms with Gasteiger partial charge in [-0.05, 0) is 51.4 Å². The Morgan fingerprint density at radius 1 is 1.13 bits per heavy atom. The molecular formula is C15H18BF3O4. The normalized spacial score (nSPS) is 19.7. The lowest BCUT2D eigenvalue weighted by molar-refractivity contribution is -0.137. The molecule has 0 unspecified atom stereocenters. The number of carbonyl (C=O) groups excluding carboxylic acids is 1. The molecule has 0 amide bonds. The first-order valence-electron chi connectivity index (χ1n) is 7.04. The number of carbonyl (C=O) groups is 1. The van der Waals surface area contributed by atoms with Crippen molar-refractivity contribution in [3.63, 3.8) is 0 Å². The Morgan fingerprint density at radius 2 is 1.65 bits per heavy atom.